The summed E-state index contributed by atoms with van der Waals surface area (Å²) in [4.78, 5) is 34.6. The van der Waals surface area contributed by atoms with E-state index in [0.29, 0.717) is 48.0 Å². The Morgan fingerprint density at radius 3 is 2.46 bits per heavy atom. The highest BCUT2D eigenvalue weighted by molar-refractivity contribution is 5.81. The fourth-order valence-electron chi connectivity index (χ4n) is 7.16. The molecule has 6 heterocycles. The fraction of sp³-hybridized carbons (Fsp3) is 0.500. The second kappa shape index (κ2) is 13.5. The topological polar surface area (TPSA) is 163 Å². The molecule has 3 N–H and O–H groups in total. The Balaban J connectivity index is 0.988. The molecule has 1 atom stereocenters. The van der Waals surface area contributed by atoms with E-state index in [-0.39, 0.29) is 5.41 Å². The molecule has 2 aromatic heterocycles. The monoisotopic (exact) mass is 655 g/mol. The lowest BCUT2D eigenvalue weighted by atomic mass is 9.71. The number of nitrogens with one attached hydrogen (secondary N) is 1. The molecule has 0 radical (unpaired) electrons. The average Bonchev–Trinajstić information content (AvgIpc) is 3.09. The molecule has 0 aliphatic carbocycles. The number of ether oxygens (including phenoxy) is 2. The number of carbonyl (C=O) groups is 1. The number of piperidine rings is 1. The third-order valence-electron chi connectivity index (χ3n) is 10.1. The molecule has 1 spiro atoms. The second-order valence-corrected chi connectivity index (χ2v) is 13.1. The number of aliphatic hydroxyl groups is 2. The zero-order valence-corrected chi connectivity index (χ0v) is 27.1. The summed E-state index contributed by atoms with van der Waals surface area (Å²) < 4.78 is 11.0. The first-order chi connectivity index (χ1) is 23.4. The van der Waals surface area contributed by atoms with Gasteiger partial charge in [0.15, 0.2) is 6.10 Å². The van der Waals surface area contributed by atoms with Gasteiger partial charge in [-0.05, 0) is 43.2 Å². The van der Waals surface area contributed by atoms with E-state index in [9.17, 15) is 15.2 Å². The number of aromatic nitrogens is 3. The van der Waals surface area contributed by atoms with E-state index in [0.717, 1.165) is 82.3 Å². The van der Waals surface area contributed by atoms with E-state index >= 15 is 0 Å². The van der Waals surface area contributed by atoms with Crippen LogP contribution >= 0.6 is 0 Å². The molecule has 4 saturated heterocycles. The van der Waals surface area contributed by atoms with Crippen molar-refractivity contribution in [1.29, 1.82) is 5.26 Å². The molecule has 4 fully saturated rings. The van der Waals surface area contributed by atoms with Gasteiger partial charge in [-0.25, -0.2) is 9.97 Å². The van der Waals surface area contributed by atoms with Crippen LogP contribution in [0, 0.1) is 16.7 Å². The van der Waals surface area contributed by atoms with Gasteiger partial charge in [-0.3, -0.25) is 9.69 Å². The van der Waals surface area contributed by atoms with Gasteiger partial charge in [0.25, 0.3) is 5.91 Å². The summed E-state index contributed by atoms with van der Waals surface area (Å²) in [7, 11) is 1.63. The first-order valence-electron chi connectivity index (χ1n) is 16.5. The fourth-order valence-corrected chi connectivity index (χ4v) is 7.16. The predicted octanol–water partition coefficient (Wildman–Crippen LogP) is 1.47. The number of carbonyl (C=O) groups excluding carboxylic acids is 1. The average molecular weight is 656 g/mol. The Kier molecular flexibility index (Phi) is 9.02. The van der Waals surface area contributed by atoms with Gasteiger partial charge in [0.2, 0.25) is 11.8 Å². The van der Waals surface area contributed by atoms with Crippen LogP contribution in [0.3, 0.4) is 0 Å². The Hall–Kier alpha value is -4.55. The molecule has 1 aromatic carbocycles. The minimum Gasteiger partial charge on any atom is -0.479 e. The molecule has 0 saturated carbocycles. The molecule has 7 rings (SSSR count). The quantitative estimate of drug-likeness (QED) is 0.304. The highest BCUT2D eigenvalue weighted by Crippen LogP contribution is 2.42. The van der Waals surface area contributed by atoms with Crippen molar-refractivity contribution in [2.75, 3.05) is 94.4 Å². The standard InChI is InChI=1S/C34H41N9O5/c1-47-31-28(42-14-12-40(13-15-42)25-19-48-20-25)4-5-30(38-31)39-33-36-9-6-26(37-33)23-2-3-27(24(16-23)17-35)41-10-7-34(8-11-41)21-43(22-34)32(46)29(45)18-44/h2-6,9,16,25,29,44-45H,7-8,10-15,18-22H2,1H3,(H,36,37,38,39)/t29-/m0/s1. The van der Waals surface area contributed by atoms with E-state index in [1.165, 1.54) is 0 Å². The number of aliphatic hydroxyl groups excluding tert-OH is 2. The molecule has 4 aliphatic heterocycles. The summed E-state index contributed by atoms with van der Waals surface area (Å²) >= 11 is 0. The van der Waals surface area contributed by atoms with Gasteiger partial charge in [-0.1, -0.05) is 6.07 Å². The molecule has 1 amide bonds. The van der Waals surface area contributed by atoms with Crippen LogP contribution < -0.4 is 19.9 Å². The summed E-state index contributed by atoms with van der Waals surface area (Å²) in [6.45, 7) is 7.54. The summed E-state index contributed by atoms with van der Waals surface area (Å²) in [5.41, 5.74) is 3.91. The molecular formula is C34H41N9O5. The molecule has 0 unspecified atom stereocenters. The number of pyridine rings is 1. The van der Waals surface area contributed by atoms with Gasteiger partial charge in [0, 0.05) is 69.5 Å². The molecule has 14 heteroatoms. The lowest BCUT2D eigenvalue weighted by Gasteiger charge is -2.54. The van der Waals surface area contributed by atoms with Gasteiger partial charge >= 0.3 is 0 Å². The Morgan fingerprint density at radius 1 is 1.06 bits per heavy atom. The zero-order chi connectivity index (χ0) is 33.3. The second-order valence-electron chi connectivity index (χ2n) is 13.1. The van der Waals surface area contributed by atoms with Crippen molar-refractivity contribution in [3.05, 3.63) is 48.2 Å². The van der Waals surface area contributed by atoms with Crippen molar-refractivity contribution in [2.45, 2.75) is 25.0 Å². The highest BCUT2D eigenvalue weighted by atomic mass is 16.5. The number of hydrogen-bond donors (Lipinski definition) is 3. The van der Waals surface area contributed by atoms with Crippen molar-refractivity contribution in [3.8, 4) is 23.2 Å². The molecule has 252 valence electrons. The maximum absolute atomic E-state index is 12.2. The van der Waals surface area contributed by atoms with E-state index in [2.05, 4.69) is 31.1 Å². The van der Waals surface area contributed by atoms with Crippen LogP contribution in [0.5, 0.6) is 5.88 Å². The largest absolute Gasteiger partial charge is 0.479 e. The third-order valence-corrected chi connectivity index (χ3v) is 10.1. The van der Waals surface area contributed by atoms with Crippen LogP contribution in [0.25, 0.3) is 11.3 Å². The number of benzene rings is 1. The minimum absolute atomic E-state index is 0.0262. The van der Waals surface area contributed by atoms with Crippen molar-refractivity contribution in [3.63, 3.8) is 0 Å². The van der Waals surface area contributed by atoms with Crippen LogP contribution in [0.1, 0.15) is 18.4 Å². The van der Waals surface area contributed by atoms with Crippen molar-refractivity contribution < 1.29 is 24.5 Å². The SMILES string of the molecule is COc1nc(Nc2nccc(-c3ccc(N4CCC5(CC4)CN(C(=O)[C@@H](O)CO)C5)c(C#N)c3)n2)ccc1N1CCN(C2COC2)CC1. The van der Waals surface area contributed by atoms with Crippen molar-refractivity contribution >= 4 is 29.0 Å². The van der Waals surface area contributed by atoms with Gasteiger partial charge < -0.3 is 39.7 Å². The Bertz CT molecular complexity index is 1670. The molecule has 4 aliphatic rings. The molecule has 14 nitrogen and oxygen atoms in total. The van der Waals surface area contributed by atoms with Gasteiger partial charge in [-0.15, -0.1) is 0 Å². The first kappa shape index (κ1) is 32.0. The maximum atomic E-state index is 12.2. The van der Waals surface area contributed by atoms with E-state index in [4.69, 9.17) is 24.5 Å². The van der Waals surface area contributed by atoms with E-state index in [1.54, 1.807) is 18.2 Å². The van der Waals surface area contributed by atoms with Gasteiger partial charge in [0.1, 0.15) is 17.6 Å². The first-order valence-corrected chi connectivity index (χ1v) is 16.5. The number of likely N-dealkylation sites (tertiary alicyclic amines) is 1. The lowest BCUT2D eigenvalue weighted by molar-refractivity contribution is -0.155. The van der Waals surface area contributed by atoms with Crippen LogP contribution in [0.15, 0.2) is 42.6 Å². The van der Waals surface area contributed by atoms with E-state index < -0.39 is 18.6 Å². The molecule has 48 heavy (non-hydrogen) atoms. The van der Waals surface area contributed by atoms with Crippen molar-refractivity contribution in [1.82, 2.24) is 24.8 Å². The summed E-state index contributed by atoms with van der Waals surface area (Å²) in [6, 6.07) is 14.4. The molecular weight excluding hydrogens is 614 g/mol. The number of nitriles is 1. The van der Waals surface area contributed by atoms with Crippen molar-refractivity contribution in [2.24, 2.45) is 5.41 Å². The minimum atomic E-state index is -1.35. The number of rotatable bonds is 9. The Labute approximate surface area is 279 Å². The number of methoxy groups -OCH3 is 1. The van der Waals surface area contributed by atoms with Crippen LogP contribution in [0.4, 0.5) is 23.1 Å². The predicted molar refractivity (Wildman–Crippen MR) is 178 cm³/mol. The summed E-state index contributed by atoms with van der Waals surface area (Å²) in [5.74, 6) is 1.08. The normalized spacial score (nSPS) is 20.1. The zero-order valence-electron chi connectivity index (χ0n) is 27.1. The molecule has 0 bridgehead atoms. The number of amides is 1. The lowest BCUT2D eigenvalue weighted by Crippen LogP contribution is -2.63. The van der Waals surface area contributed by atoms with Crippen LogP contribution in [0.2, 0.25) is 0 Å². The number of anilines is 4. The number of hydrogen-bond acceptors (Lipinski definition) is 13. The van der Waals surface area contributed by atoms with Gasteiger partial charge in [0.05, 0.1) is 49.9 Å². The highest BCUT2D eigenvalue weighted by Gasteiger charge is 2.47. The Morgan fingerprint density at radius 2 is 1.79 bits per heavy atom. The maximum Gasteiger partial charge on any atom is 0.253 e. The van der Waals surface area contributed by atoms with Gasteiger partial charge in [-0.2, -0.15) is 10.2 Å². The summed E-state index contributed by atoms with van der Waals surface area (Å²) in [6.07, 6.45) is 2.09. The summed E-state index contributed by atoms with van der Waals surface area (Å²) in [5, 5.41) is 32.0. The van der Waals surface area contributed by atoms with Crippen LogP contribution in [-0.4, -0.2) is 132 Å². The van der Waals surface area contributed by atoms with Crippen LogP contribution in [-0.2, 0) is 9.53 Å². The smallest absolute Gasteiger partial charge is 0.253 e. The third kappa shape index (κ3) is 6.34. The number of nitrogens with zero attached hydrogens (tertiary/aromatic N) is 8. The number of piperazine rings is 1. The van der Waals surface area contributed by atoms with E-state index in [1.807, 2.05) is 36.4 Å². The molecule has 3 aromatic rings.